The van der Waals surface area contributed by atoms with Crippen LogP contribution in [0.1, 0.15) is 11.6 Å². The van der Waals surface area contributed by atoms with Crippen molar-refractivity contribution >= 4 is 10.8 Å². The quantitative estimate of drug-likeness (QED) is 0.865. The fourth-order valence-corrected chi connectivity index (χ4v) is 2.58. The lowest BCUT2D eigenvalue weighted by Crippen LogP contribution is -2.52. The molecule has 0 aromatic heterocycles. The summed E-state index contributed by atoms with van der Waals surface area (Å²) >= 11 is 0. The van der Waals surface area contributed by atoms with E-state index in [4.69, 9.17) is 10.5 Å². The van der Waals surface area contributed by atoms with E-state index in [2.05, 4.69) is 18.2 Å². The molecule has 2 aromatic carbocycles. The van der Waals surface area contributed by atoms with Crippen molar-refractivity contribution in [1.82, 2.24) is 0 Å². The molecule has 0 aliphatic carbocycles. The smallest absolute Gasteiger partial charge is 0.0594 e. The van der Waals surface area contributed by atoms with Crippen LogP contribution in [0.3, 0.4) is 0 Å². The van der Waals surface area contributed by atoms with Crippen LogP contribution in [0.5, 0.6) is 0 Å². The first-order chi connectivity index (χ1) is 8.77. The molecule has 1 atom stereocenters. The van der Waals surface area contributed by atoms with E-state index in [1.165, 1.54) is 5.39 Å². The lowest BCUT2D eigenvalue weighted by atomic mass is 9.75. The fourth-order valence-electron chi connectivity index (χ4n) is 2.58. The van der Waals surface area contributed by atoms with Crippen LogP contribution in [0, 0.1) is 5.41 Å². The van der Waals surface area contributed by atoms with Gasteiger partial charge in [0.25, 0.3) is 0 Å². The average Bonchev–Trinajstić information content (AvgIpc) is 2.37. The van der Waals surface area contributed by atoms with E-state index in [1.807, 2.05) is 24.3 Å². The molecule has 1 aliphatic heterocycles. The number of benzene rings is 2. The minimum absolute atomic E-state index is 0.0669. The standard InChI is InChI=1S/C15H17NO2/c16-14(15(8-17)9-18-10-15)13-7-3-5-11-4-1-2-6-12(11)13/h1-7,14,17H,8-10,16H2. The first-order valence-electron chi connectivity index (χ1n) is 6.19. The second-order valence-electron chi connectivity index (χ2n) is 5.06. The summed E-state index contributed by atoms with van der Waals surface area (Å²) in [5.74, 6) is 0. The molecular formula is C15H17NO2. The van der Waals surface area contributed by atoms with E-state index in [-0.39, 0.29) is 18.1 Å². The van der Waals surface area contributed by atoms with Gasteiger partial charge in [-0.25, -0.2) is 0 Å². The molecule has 0 amide bonds. The Morgan fingerprint density at radius 1 is 1.17 bits per heavy atom. The van der Waals surface area contributed by atoms with Gasteiger partial charge in [-0.3, -0.25) is 0 Å². The fraction of sp³-hybridized carbons (Fsp3) is 0.333. The molecule has 1 heterocycles. The zero-order valence-electron chi connectivity index (χ0n) is 10.2. The molecule has 3 nitrogen and oxygen atoms in total. The van der Waals surface area contributed by atoms with Gasteiger partial charge in [-0.05, 0) is 16.3 Å². The Morgan fingerprint density at radius 3 is 2.56 bits per heavy atom. The van der Waals surface area contributed by atoms with Crippen molar-refractivity contribution in [3.05, 3.63) is 48.0 Å². The minimum Gasteiger partial charge on any atom is -0.396 e. The minimum atomic E-state index is -0.315. The number of hydrogen-bond donors (Lipinski definition) is 2. The average molecular weight is 243 g/mol. The van der Waals surface area contributed by atoms with E-state index in [9.17, 15) is 5.11 Å². The van der Waals surface area contributed by atoms with Crippen LogP contribution in [0.2, 0.25) is 0 Å². The summed E-state index contributed by atoms with van der Waals surface area (Å²) in [5, 5.41) is 11.9. The molecule has 0 bridgehead atoms. The predicted molar refractivity (Wildman–Crippen MR) is 71.2 cm³/mol. The summed E-state index contributed by atoms with van der Waals surface area (Å²) in [7, 11) is 0. The van der Waals surface area contributed by atoms with Gasteiger partial charge in [-0.15, -0.1) is 0 Å². The molecule has 2 aromatic rings. The SMILES string of the molecule is NC(c1cccc2ccccc12)C1(CO)COC1. The molecule has 1 aliphatic rings. The zero-order chi connectivity index (χ0) is 12.6. The Kier molecular flexibility index (Phi) is 2.82. The summed E-state index contributed by atoms with van der Waals surface area (Å²) in [6.07, 6.45) is 0. The third kappa shape index (κ3) is 1.63. The molecule has 3 rings (SSSR count). The molecule has 1 fully saturated rings. The molecule has 18 heavy (non-hydrogen) atoms. The molecule has 0 saturated carbocycles. The van der Waals surface area contributed by atoms with Crippen molar-refractivity contribution in [1.29, 1.82) is 0 Å². The van der Waals surface area contributed by atoms with Gasteiger partial charge in [-0.1, -0.05) is 42.5 Å². The summed E-state index contributed by atoms with van der Waals surface area (Å²) in [6.45, 7) is 1.14. The van der Waals surface area contributed by atoms with E-state index in [1.54, 1.807) is 0 Å². The largest absolute Gasteiger partial charge is 0.396 e. The highest BCUT2D eigenvalue weighted by Gasteiger charge is 2.44. The normalized spacial score (nSPS) is 19.4. The number of aliphatic hydroxyl groups excluding tert-OH is 1. The van der Waals surface area contributed by atoms with Gasteiger partial charge in [0.05, 0.1) is 25.2 Å². The Balaban J connectivity index is 2.09. The van der Waals surface area contributed by atoms with Crippen LogP contribution in [0.25, 0.3) is 10.8 Å². The van der Waals surface area contributed by atoms with Crippen molar-refractivity contribution in [2.45, 2.75) is 6.04 Å². The molecule has 3 N–H and O–H groups in total. The number of rotatable bonds is 3. The number of nitrogens with two attached hydrogens (primary N) is 1. The topological polar surface area (TPSA) is 55.5 Å². The third-order valence-electron chi connectivity index (χ3n) is 3.91. The summed E-state index contributed by atoms with van der Waals surface area (Å²) in [5.41, 5.74) is 7.14. The Labute approximate surface area is 106 Å². The van der Waals surface area contributed by atoms with Crippen LogP contribution in [0.4, 0.5) is 0 Å². The van der Waals surface area contributed by atoms with Gasteiger partial charge in [0.2, 0.25) is 0 Å². The van der Waals surface area contributed by atoms with E-state index >= 15 is 0 Å². The second kappa shape index (κ2) is 4.35. The Bertz CT molecular complexity index is 552. The zero-order valence-corrected chi connectivity index (χ0v) is 10.2. The van der Waals surface area contributed by atoms with E-state index in [0.717, 1.165) is 10.9 Å². The predicted octanol–water partition coefficient (Wildman–Crippen LogP) is 1.85. The maximum Gasteiger partial charge on any atom is 0.0594 e. The lowest BCUT2D eigenvalue weighted by Gasteiger charge is -2.44. The number of aliphatic hydroxyl groups is 1. The monoisotopic (exact) mass is 243 g/mol. The third-order valence-corrected chi connectivity index (χ3v) is 3.91. The van der Waals surface area contributed by atoms with Crippen LogP contribution in [-0.4, -0.2) is 24.9 Å². The van der Waals surface area contributed by atoms with Crippen molar-refractivity contribution in [2.75, 3.05) is 19.8 Å². The van der Waals surface area contributed by atoms with Crippen molar-refractivity contribution < 1.29 is 9.84 Å². The first kappa shape index (κ1) is 11.7. The highest BCUT2D eigenvalue weighted by atomic mass is 16.5. The van der Waals surface area contributed by atoms with Crippen LogP contribution < -0.4 is 5.73 Å². The maximum atomic E-state index is 9.58. The summed E-state index contributed by atoms with van der Waals surface area (Å²) < 4.78 is 5.24. The van der Waals surface area contributed by atoms with Gasteiger partial charge in [0.15, 0.2) is 0 Å². The van der Waals surface area contributed by atoms with Crippen LogP contribution in [-0.2, 0) is 4.74 Å². The van der Waals surface area contributed by atoms with Gasteiger partial charge in [0, 0.05) is 6.04 Å². The molecular weight excluding hydrogens is 226 g/mol. The number of hydrogen-bond acceptors (Lipinski definition) is 3. The Morgan fingerprint density at radius 2 is 1.89 bits per heavy atom. The van der Waals surface area contributed by atoms with Gasteiger partial charge < -0.3 is 15.6 Å². The highest BCUT2D eigenvalue weighted by molar-refractivity contribution is 5.86. The van der Waals surface area contributed by atoms with Crippen LogP contribution in [0.15, 0.2) is 42.5 Å². The summed E-state index contributed by atoms with van der Waals surface area (Å²) in [6, 6.07) is 14.1. The molecule has 1 unspecified atom stereocenters. The van der Waals surface area contributed by atoms with Gasteiger partial charge in [0.1, 0.15) is 0 Å². The lowest BCUT2D eigenvalue weighted by molar-refractivity contribution is -0.150. The molecule has 0 spiro atoms. The maximum absolute atomic E-state index is 9.58. The van der Waals surface area contributed by atoms with Crippen molar-refractivity contribution in [3.63, 3.8) is 0 Å². The van der Waals surface area contributed by atoms with E-state index in [0.29, 0.717) is 13.2 Å². The van der Waals surface area contributed by atoms with E-state index < -0.39 is 0 Å². The molecule has 0 radical (unpaired) electrons. The molecule has 1 saturated heterocycles. The molecule has 3 heteroatoms. The number of ether oxygens (including phenoxy) is 1. The van der Waals surface area contributed by atoms with Crippen LogP contribution >= 0.6 is 0 Å². The van der Waals surface area contributed by atoms with Gasteiger partial charge in [-0.2, -0.15) is 0 Å². The highest BCUT2D eigenvalue weighted by Crippen LogP contribution is 2.40. The summed E-state index contributed by atoms with van der Waals surface area (Å²) in [4.78, 5) is 0. The van der Waals surface area contributed by atoms with Crippen molar-refractivity contribution in [3.8, 4) is 0 Å². The molecule has 94 valence electrons. The van der Waals surface area contributed by atoms with Crippen molar-refractivity contribution in [2.24, 2.45) is 11.1 Å². The Hall–Kier alpha value is -1.42. The first-order valence-corrected chi connectivity index (χ1v) is 6.19. The van der Waals surface area contributed by atoms with Gasteiger partial charge >= 0.3 is 0 Å². The second-order valence-corrected chi connectivity index (χ2v) is 5.06. The number of fused-ring (bicyclic) bond motifs is 1.